The first-order chi connectivity index (χ1) is 6.19. The molecule has 5 heteroatoms. The standard InChI is InChI=1S/C8H8ClNO3/c1-13-8(12)7-6(9)2-5(4-11)3-10-7/h2-3,11H,4H2,1H3. The Balaban J connectivity index is 3.05. The Morgan fingerprint density at radius 2 is 2.46 bits per heavy atom. The van der Waals surface area contributed by atoms with Crippen molar-refractivity contribution in [1.29, 1.82) is 0 Å². The van der Waals surface area contributed by atoms with Crippen molar-refractivity contribution in [2.24, 2.45) is 0 Å². The number of aliphatic hydroxyl groups is 1. The average Bonchev–Trinajstić information content (AvgIpc) is 2.16. The second-order valence-electron chi connectivity index (χ2n) is 2.32. The molecule has 1 aromatic heterocycles. The van der Waals surface area contributed by atoms with Gasteiger partial charge in [0.15, 0.2) is 5.69 Å². The van der Waals surface area contributed by atoms with Crippen molar-refractivity contribution in [1.82, 2.24) is 4.98 Å². The first-order valence-electron chi connectivity index (χ1n) is 3.52. The van der Waals surface area contributed by atoms with Crippen LogP contribution in [0.15, 0.2) is 12.3 Å². The van der Waals surface area contributed by atoms with Gasteiger partial charge in [-0.15, -0.1) is 0 Å². The Kier molecular flexibility index (Phi) is 3.22. The van der Waals surface area contributed by atoms with Crippen molar-refractivity contribution in [3.63, 3.8) is 0 Å². The molecule has 4 nitrogen and oxygen atoms in total. The molecular weight excluding hydrogens is 194 g/mol. The van der Waals surface area contributed by atoms with Gasteiger partial charge in [-0.3, -0.25) is 0 Å². The first-order valence-corrected chi connectivity index (χ1v) is 3.90. The van der Waals surface area contributed by atoms with Crippen LogP contribution >= 0.6 is 11.6 Å². The van der Waals surface area contributed by atoms with Gasteiger partial charge in [-0.1, -0.05) is 11.6 Å². The quantitative estimate of drug-likeness (QED) is 0.726. The van der Waals surface area contributed by atoms with Gasteiger partial charge in [0.25, 0.3) is 0 Å². The largest absolute Gasteiger partial charge is 0.464 e. The summed E-state index contributed by atoms with van der Waals surface area (Å²) in [4.78, 5) is 14.8. The van der Waals surface area contributed by atoms with Gasteiger partial charge in [0.1, 0.15) is 0 Å². The molecule has 0 bridgehead atoms. The summed E-state index contributed by atoms with van der Waals surface area (Å²) < 4.78 is 4.44. The maximum Gasteiger partial charge on any atom is 0.358 e. The lowest BCUT2D eigenvalue weighted by molar-refractivity contribution is 0.0594. The van der Waals surface area contributed by atoms with E-state index in [0.717, 1.165) is 0 Å². The van der Waals surface area contributed by atoms with E-state index in [9.17, 15) is 4.79 Å². The predicted molar refractivity (Wildman–Crippen MR) is 46.5 cm³/mol. The highest BCUT2D eigenvalue weighted by atomic mass is 35.5. The number of pyridine rings is 1. The molecule has 1 aromatic rings. The fourth-order valence-electron chi connectivity index (χ4n) is 0.811. The highest BCUT2D eigenvalue weighted by Crippen LogP contribution is 2.15. The van der Waals surface area contributed by atoms with Crippen molar-refractivity contribution in [2.45, 2.75) is 6.61 Å². The summed E-state index contributed by atoms with van der Waals surface area (Å²) in [6.07, 6.45) is 1.37. The number of nitrogens with zero attached hydrogens (tertiary/aromatic N) is 1. The molecule has 0 unspecified atom stereocenters. The Morgan fingerprint density at radius 1 is 1.77 bits per heavy atom. The fraction of sp³-hybridized carbons (Fsp3) is 0.250. The molecule has 0 aliphatic heterocycles. The van der Waals surface area contributed by atoms with Gasteiger partial charge in [-0.25, -0.2) is 9.78 Å². The number of carbonyl (C=O) groups is 1. The minimum absolute atomic E-state index is 0.0568. The third-order valence-corrected chi connectivity index (χ3v) is 1.75. The zero-order valence-corrected chi connectivity index (χ0v) is 7.71. The Morgan fingerprint density at radius 3 is 2.92 bits per heavy atom. The zero-order chi connectivity index (χ0) is 9.84. The predicted octanol–water partition coefficient (Wildman–Crippen LogP) is 1.01. The summed E-state index contributed by atoms with van der Waals surface area (Å²) in [5, 5.41) is 8.91. The van der Waals surface area contributed by atoms with E-state index >= 15 is 0 Å². The minimum atomic E-state index is -0.588. The van der Waals surface area contributed by atoms with E-state index < -0.39 is 5.97 Å². The molecular formula is C8H8ClNO3. The van der Waals surface area contributed by atoms with E-state index in [-0.39, 0.29) is 17.3 Å². The number of aliphatic hydroxyl groups excluding tert-OH is 1. The van der Waals surface area contributed by atoms with Gasteiger partial charge in [-0.2, -0.15) is 0 Å². The molecule has 0 amide bonds. The molecule has 0 aliphatic rings. The zero-order valence-electron chi connectivity index (χ0n) is 6.95. The number of rotatable bonds is 2. The lowest BCUT2D eigenvalue weighted by Gasteiger charge is -2.02. The monoisotopic (exact) mass is 201 g/mol. The molecule has 13 heavy (non-hydrogen) atoms. The highest BCUT2D eigenvalue weighted by Gasteiger charge is 2.12. The van der Waals surface area contributed by atoms with E-state index in [1.54, 1.807) is 0 Å². The van der Waals surface area contributed by atoms with Gasteiger partial charge >= 0.3 is 5.97 Å². The molecule has 70 valence electrons. The van der Waals surface area contributed by atoms with Crippen molar-refractivity contribution < 1.29 is 14.6 Å². The number of hydrogen-bond acceptors (Lipinski definition) is 4. The second kappa shape index (κ2) is 4.20. The number of hydrogen-bond donors (Lipinski definition) is 1. The van der Waals surface area contributed by atoms with Crippen LogP contribution in [0.2, 0.25) is 5.02 Å². The van der Waals surface area contributed by atoms with Gasteiger partial charge < -0.3 is 9.84 Å². The molecule has 0 fully saturated rings. The number of ether oxygens (including phenoxy) is 1. The molecule has 0 radical (unpaired) electrons. The first kappa shape index (κ1) is 9.95. The molecule has 0 spiro atoms. The van der Waals surface area contributed by atoms with Gasteiger partial charge in [0.05, 0.1) is 18.7 Å². The minimum Gasteiger partial charge on any atom is -0.464 e. The Bertz CT molecular complexity index is 327. The SMILES string of the molecule is COC(=O)c1ncc(CO)cc1Cl. The van der Waals surface area contributed by atoms with Crippen LogP contribution in [0.1, 0.15) is 16.1 Å². The summed E-state index contributed by atoms with van der Waals surface area (Å²) in [7, 11) is 1.25. The van der Waals surface area contributed by atoms with E-state index in [2.05, 4.69) is 9.72 Å². The normalized spacial score (nSPS) is 9.77. The summed E-state index contributed by atoms with van der Waals surface area (Å²) in [5.74, 6) is -0.588. The van der Waals surface area contributed by atoms with Gasteiger partial charge in [0, 0.05) is 6.20 Å². The van der Waals surface area contributed by atoms with Crippen molar-refractivity contribution >= 4 is 17.6 Å². The average molecular weight is 202 g/mol. The number of carbonyl (C=O) groups excluding carboxylic acids is 1. The van der Waals surface area contributed by atoms with Crippen LogP contribution in [0, 0.1) is 0 Å². The number of halogens is 1. The van der Waals surface area contributed by atoms with Crippen molar-refractivity contribution in [3.8, 4) is 0 Å². The van der Waals surface area contributed by atoms with Crippen LogP contribution in [0.3, 0.4) is 0 Å². The number of methoxy groups -OCH3 is 1. The van der Waals surface area contributed by atoms with Crippen LogP contribution in [-0.4, -0.2) is 23.2 Å². The third-order valence-electron chi connectivity index (χ3n) is 1.46. The van der Waals surface area contributed by atoms with Crippen LogP contribution in [-0.2, 0) is 11.3 Å². The van der Waals surface area contributed by atoms with E-state index in [1.807, 2.05) is 0 Å². The highest BCUT2D eigenvalue weighted by molar-refractivity contribution is 6.33. The van der Waals surface area contributed by atoms with Crippen LogP contribution in [0.5, 0.6) is 0 Å². The van der Waals surface area contributed by atoms with E-state index in [4.69, 9.17) is 16.7 Å². The second-order valence-corrected chi connectivity index (χ2v) is 2.73. The topological polar surface area (TPSA) is 59.4 Å². The van der Waals surface area contributed by atoms with E-state index in [0.29, 0.717) is 5.56 Å². The maximum atomic E-state index is 11.0. The summed E-state index contributed by atoms with van der Waals surface area (Å²) in [6.45, 7) is -0.159. The van der Waals surface area contributed by atoms with Gasteiger partial charge in [0.2, 0.25) is 0 Å². The third kappa shape index (κ3) is 2.17. The summed E-state index contributed by atoms with van der Waals surface area (Å²) >= 11 is 5.71. The maximum absolute atomic E-state index is 11.0. The Hall–Kier alpha value is -1.13. The van der Waals surface area contributed by atoms with Gasteiger partial charge in [-0.05, 0) is 11.6 Å². The van der Waals surface area contributed by atoms with Crippen LogP contribution in [0.25, 0.3) is 0 Å². The van der Waals surface area contributed by atoms with Crippen LogP contribution in [0.4, 0.5) is 0 Å². The van der Waals surface area contributed by atoms with Crippen molar-refractivity contribution in [2.75, 3.05) is 7.11 Å². The molecule has 0 atom stereocenters. The number of esters is 1. The molecule has 0 aromatic carbocycles. The lowest BCUT2D eigenvalue weighted by atomic mass is 10.2. The smallest absolute Gasteiger partial charge is 0.358 e. The molecule has 1 heterocycles. The van der Waals surface area contributed by atoms with Crippen LogP contribution < -0.4 is 0 Å². The van der Waals surface area contributed by atoms with E-state index in [1.165, 1.54) is 19.4 Å². The lowest BCUT2D eigenvalue weighted by Crippen LogP contribution is -2.05. The fourth-order valence-corrected chi connectivity index (χ4v) is 1.08. The van der Waals surface area contributed by atoms with Crippen molar-refractivity contribution in [3.05, 3.63) is 28.5 Å². The summed E-state index contributed by atoms with van der Waals surface area (Å²) in [6, 6.07) is 1.47. The molecule has 0 aliphatic carbocycles. The summed E-state index contributed by atoms with van der Waals surface area (Å²) in [5.41, 5.74) is 0.610. The Labute approximate surface area is 80.1 Å². The molecule has 1 rings (SSSR count). The molecule has 0 saturated heterocycles. The number of aromatic nitrogens is 1. The molecule has 1 N–H and O–H groups in total. The molecule has 0 saturated carbocycles.